The van der Waals surface area contributed by atoms with Crippen LogP contribution >= 0.6 is 12.2 Å². The van der Waals surface area contributed by atoms with Crippen LogP contribution in [0.25, 0.3) is 10.9 Å². The predicted octanol–water partition coefficient (Wildman–Crippen LogP) is 6.01. The lowest BCUT2D eigenvalue weighted by molar-refractivity contribution is -0.138. The quantitative estimate of drug-likeness (QED) is 0.128. The Morgan fingerprint density at radius 1 is 1.13 bits per heavy atom. The van der Waals surface area contributed by atoms with Crippen LogP contribution in [-0.2, 0) is 26.9 Å². The number of hydrogen-bond acceptors (Lipinski definition) is 10. The van der Waals surface area contributed by atoms with Crippen LogP contribution in [0.15, 0.2) is 24.4 Å². The number of amides is 1. The van der Waals surface area contributed by atoms with E-state index >= 15 is 4.39 Å². The van der Waals surface area contributed by atoms with Gasteiger partial charge in [-0.15, -0.1) is 0 Å². The first kappa shape index (κ1) is 32.7. The molecule has 0 radical (unpaired) electrons. The topological polar surface area (TPSA) is 131 Å². The molecule has 2 fully saturated rings. The van der Waals surface area contributed by atoms with Crippen LogP contribution in [0.2, 0.25) is 0 Å². The van der Waals surface area contributed by atoms with Crippen molar-refractivity contribution >= 4 is 51.7 Å². The van der Waals surface area contributed by atoms with Gasteiger partial charge in [-0.1, -0.05) is 6.92 Å². The van der Waals surface area contributed by atoms with Gasteiger partial charge in [-0.2, -0.15) is 23.4 Å². The number of hydrogen-bond donors (Lipinski definition) is 0. The molecule has 46 heavy (non-hydrogen) atoms. The number of carbonyl (C=O) groups is 2. The number of nitriles is 1. The molecule has 242 valence electrons. The van der Waals surface area contributed by atoms with Crippen LogP contribution in [0.4, 0.5) is 33.7 Å². The van der Waals surface area contributed by atoms with Crippen molar-refractivity contribution in [2.24, 2.45) is 0 Å². The normalized spacial score (nSPS) is 16.1. The van der Waals surface area contributed by atoms with E-state index < -0.39 is 46.5 Å². The smallest absolute Gasteiger partial charge is 0.474 e. The number of nitrogens with zero attached hydrogens (tertiary/aromatic N) is 6. The van der Waals surface area contributed by atoms with Crippen molar-refractivity contribution in [3.63, 3.8) is 0 Å². The lowest BCUT2D eigenvalue weighted by Gasteiger charge is -2.43. The number of carbonyl (C=O) groups excluding carboxylic acids is 2. The number of pyridine rings is 1. The van der Waals surface area contributed by atoms with Crippen LogP contribution in [0.5, 0.6) is 5.88 Å². The molecule has 1 aliphatic heterocycles. The summed E-state index contributed by atoms with van der Waals surface area (Å²) in [7, 11) is 0. The van der Waals surface area contributed by atoms with E-state index in [-0.39, 0.29) is 52.3 Å². The minimum atomic E-state index is -4.92. The van der Waals surface area contributed by atoms with Crippen LogP contribution in [0, 0.1) is 17.1 Å². The van der Waals surface area contributed by atoms with E-state index in [1.807, 2.05) is 0 Å². The third-order valence-electron chi connectivity index (χ3n) is 7.39. The third-order valence-corrected chi connectivity index (χ3v) is 7.76. The van der Waals surface area contributed by atoms with E-state index in [9.17, 15) is 22.8 Å². The molecule has 3 heterocycles. The molecule has 1 amide bonds. The highest BCUT2D eigenvalue weighted by atomic mass is 32.1. The van der Waals surface area contributed by atoms with Gasteiger partial charge in [-0.3, -0.25) is 9.69 Å². The zero-order valence-corrected chi connectivity index (χ0v) is 26.0. The van der Waals surface area contributed by atoms with E-state index in [0.29, 0.717) is 31.7 Å². The maximum absolute atomic E-state index is 15.8. The molecule has 16 heteroatoms. The number of halogens is 4. The monoisotopic (exact) mass is 660 g/mol. The van der Waals surface area contributed by atoms with Gasteiger partial charge in [0.25, 0.3) is 5.91 Å². The molecule has 2 aliphatic rings. The van der Waals surface area contributed by atoms with Crippen LogP contribution < -0.4 is 14.5 Å². The molecule has 1 aromatic carbocycles. The SMILES string of the molecule is CCc1nc(OCCOC(=O)OC(C)(C)C)c2cc(N3C(=S)N(c4cnc(C#N)c(C(F)(F)F)c4)C(=O)C34CCC4)cc(F)c2n1. The van der Waals surface area contributed by atoms with Gasteiger partial charge in [-0.05, 0) is 70.5 Å². The average molecular weight is 661 g/mol. The molecule has 1 saturated carbocycles. The summed E-state index contributed by atoms with van der Waals surface area (Å²) >= 11 is 5.65. The molecule has 0 bridgehead atoms. The molecule has 5 rings (SSSR count). The second-order valence-electron chi connectivity index (χ2n) is 11.6. The Hall–Kier alpha value is -4.65. The van der Waals surface area contributed by atoms with E-state index in [1.54, 1.807) is 27.7 Å². The highest BCUT2D eigenvalue weighted by molar-refractivity contribution is 7.81. The molecule has 3 aromatic rings. The molecular weight excluding hydrogens is 632 g/mol. The third kappa shape index (κ3) is 5.98. The number of thiocarbonyl (C=S) groups is 1. The van der Waals surface area contributed by atoms with Gasteiger partial charge in [-0.25, -0.2) is 19.2 Å². The number of aromatic nitrogens is 3. The Morgan fingerprint density at radius 3 is 2.43 bits per heavy atom. The van der Waals surface area contributed by atoms with Crippen molar-refractivity contribution in [1.82, 2.24) is 15.0 Å². The maximum atomic E-state index is 15.8. The van der Waals surface area contributed by atoms with E-state index in [0.717, 1.165) is 17.2 Å². The summed E-state index contributed by atoms with van der Waals surface area (Å²) in [5.41, 5.74) is -4.42. The highest BCUT2D eigenvalue weighted by Gasteiger charge is 2.60. The fraction of sp³-hybridized carbons (Fsp3) is 0.433. The van der Waals surface area contributed by atoms with Crippen LogP contribution in [0.3, 0.4) is 0 Å². The van der Waals surface area contributed by atoms with Gasteiger partial charge >= 0.3 is 12.3 Å². The summed E-state index contributed by atoms with van der Waals surface area (Å²) in [5.74, 6) is -1.11. The van der Waals surface area contributed by atoms with Crippen molar-refractivity contribution in [1.29, 1.82) is 5.26 Å². The minimum Gasteiger partial charge on any atom is -0.474 e. The Morgan fingerprint density at radius 2 is 1.85 bits per heavy atom. The molecule has 1 saturated heterocycles. The standard InChI is InChI=1S/C30H28F4N6O5S/c1-5-22-37-23-18(24(38-22)43-9-10-44-27(42)45-28(2,3)4)11-16(13-20(23)31)40-26(46)39(25(41)29(40)7-6-8-29)17-12-19(30(32,33)34)21(14-35)36-15-17/h11-13,15H,5-10H2,1-4H3. The van der Waals surface area contributed by atoms with Crippen molar-refractivity contribution in [2.45, 2.75) is 70.7 Å². The zero-order chi connectivity index (χ0) is 33.6. The van der Waals surface area contributed by atoms with Crippen molar-refractivity contribution in [2.75, 3.05) is 23.0 Å². The number of fused-ring (bicyclic) bond motifs is 1. The zero-order valence-electron chi connectivity index (χ0n) is 25.2. The lowest BCUT2D eigenvalue weighted by Crippen LogP contribution is -2.55. The van der Waals surface area contributed by atoms with Crippen LogP contribution in [0.1, 0.15) is 64.0 Å². The second-order valence-corrected chi connectivity index (χ2v) is 12.0. The van der Waals surface area contributed by atoms with E-state index in [4.69, 9.17) is 31.7 Å². The van der Waals surface area contributed by atoms with Gasteiger partial charge in [0.15, 0.2) is 16.6 Å². The fourth-order valence-corrected chi connectivity index (χ4v) is 5.69. The Bertz CT molecular complexity index is 1780. The second kappa shape index (κ2) is 11.9. The number of benzene rings is 1. The summed E-state index contributed by atoms with van der Waals surface area (Å²) in [5, 5.41) is 9.09. The van der Waals surface area contributed by atoms with Crippen LogP contribution in [-0.4, -0.2) is 56.5 Å². The first-order valence-corrected chi connectivity index (χ1v) is 14.7. The number of anilines is 2. The molecule has 11 nitrogen and oxygen atoms in total. The number of aryl methyl sites for hydroxylation is 1. The Kier molecular flexibility index (Phi) is 8.49. The molecule has 2 aromatic heterocycles. The minimum absolute atomic E-state index is 0.0162. The number of rotatable bonds is 7. The van der Waals surface area contributed by atoms with Gasteiger partial charge in [0, 0.05) is 12.1 Å². The van der Waals surface area contributed by atoms with Crippen molar-refractivity contribution < 1.29 is 41.4 Å². The Labute approximate surface area is 266 Å². The lowest BCUT2D eigenvalue weighted by atomic mass is 9.75. The molecule has 1 aliphatic carbocycles. The summed E-state index contributed by atoms with van der Waals surface area (Å²) < 4.78 is 72.9. The number of ether oxygens (including phenoxy) is 3. The molecule has 0 unspecified atom stereocenters. The molecular formula is C30H28F4N6O5S. The average Bonchev–Trinajstić information content (AvgIpc) is 3.20. The fourth-order valence-electron chi connectivity index (χ4n) is 5.22. The number of alkyl halides is 3. The first-order valence-electron chi connectivity index (χ1n) is 14.2. The molecule has 0 N–H and O–H groups in total. The highest BCUT2D eigenvalue weighted by Crippen LogP contribution is 2.49. The molecule has 0 atom stereocenters. The largest absolute Gasteiger partial charge is 0.508 e. The molecule has 1 spiro atoms. The van der Waals surface area contributed by atoms with Gasteiger partial charge in [0.1, 0.15) is 41.8 Å². The van der Waals surface area contributed by atoms with Gasteiger partial charge in [0.05, 0.1) is 22.8 Å². The first-order chi connectivity index (χ1) is 21.6. The Balaban J connectivity index is 1.52. The summed E-state index contributed by atoms with van der Waals surface area (Å²) in [6.07, 6.45) is -3.27. The summed E-state index contributed by atoms with van der Waals surface area (Å²) in [6.45, 7) is 6.46. The predicted molar refractivity (Wildman–Crippen MR) is 160 cm³/mol. The summed E-state index contributed by atoms with van der Waals surface area (Å²) in [4.78, 5) is 40.4. The van der Waals surface area contributed by atoms with Crippen molar-refractivity contribution in [3.05, 3.63) is 47.3 Å². The van der Waals surface area contributed by atoms with E-state index in [2.05, 4.69) is 15.0 Å². The van der Waals surface area contributed by atoms with Gasteiger partial charge < -0.3 is 19.1 Å². The van der Waals surface area contributed by atoms with E-state index in [1.165, 1.54) is 17.0 Å². The maximum Gasteiger partial charge on any atom is 0.508 e. The van der Waals surface area contributed by atoms with Gasteiger partial charge in [0.2, 0.25) is 5.88 Å². The van der Waals surface area contributed by atoms with Crippen molar-refractivity contribution in [3.8, 4) is 11.9 Å². The summed E-state index contributed by atoms with van der Waals surface area (Å²) in [6, 6.07) is 4.70.